The van der Waals surface area contributed by atoms with Gasteiger partial charge in [0, 0.05) is 11.6 Å². The molecule has 0 aliphatic carbocycles. The minimum absolute atomic E-state index is 0.0291. The highest BCUT2D eigenvalue weighted by atomic mass is 15.3. The average molecular weight is 209 g/mol. The first-order chi connectivity index (χ1) is 6.90. The van der Waals surface area contributed by atoms with Gasteiger partial charge in [-0.05, 0) is 12.8 Å². The summed E-state index contributed by atoms with van der Waals surface area (Å²) in [5, 5.41) is 4.61. The Hall–Kier alpha value is -0.990. The zero-order valence-corrected chi connectivity index (χ0v) is 10.5. The fraction of sp³-hybridized carbons (Fsp3) is 0.750. The lowest BCUT2D eigenvalue weighted by molar-refractivity contribution is 0.416. The van der Waals surface area contributed by atoms with Crippen LogP contribution in [0.4, 0.5) is 5.69 Å². The first-order valence-corrected chi connectivity index (χ1v) is 5.75. The normalized spacial score (nSPS) is 12.4. The molecule has 3 nitrogen and oxygen atoms in total. The Morgan fingerprint density at radius 2 is 1.87 bits per heavy atom. The van der Waals surface area contributed by atoms with E-state index in [1.54, 1.807) is 0 Å². The zero-order valence-electron chi connectivity index (χ0n) is 10.5. The molecular formula is C12H23N3. The molecule has 1 aromatic heterocycles. The topological polar surface area (TPSA) is 43.8 Å². The molecule has 0 fully saturated rings. The molecule has 0 bridgehead atoms. The van der Waals surface area contributed by atoms with E-state index in [1.807, 2.05) is 10.9 Å². The lowest BCUT2D eigenvalue weighted by Crippen LogP contribution is -2.15. The Balaban J connectivity index is 3.05. The van der Waals surface area contributed by atoms with E-state index in [9.17, 15) is 0 Å². The Morgan fingerprint density at radius 3 is 2.20 bits per heavy atom. The number of anilines is 1. The molecule has 1 heterocycles. The van der Waals surface area contributed by atoms with Gasteiger partial charge in [0.2, 0.25) is 0 Å². The summed E-state index contributed by atoms with van der Waals surface area (Å²) in [6.45, 7) is 10.8. The molecule has 0 unspecified atom stereocenters. The number of hydrogen-bond acceptors (Lipinski definition) is 2. The molecule has 0 aliphatic rings. The molecule has 3 heteroatoms. The Kier molecular flexibility index (Phi) is 3.42. The monoisotopic (exact) mass is 209 g/mol. The van der Waals surface area contributed by atoms with Crippen molar-refractivity contribution in [3.8, 4) is 0 Å². The lowest BCUT2D eigenvalue weighted by atomic mass is 9.92. The van der Waals surface area contributed by atoms with E-state index in [-0.39, 0.29) is 5.41 Å². The summed E-state index contributed by atoms with van der Waals surface area (Å²) in [4.78, 5) is 0. The molecule has 0 amide bonds. The second-order valence-corrected chi connectivity index (χ2v) is 5.13. The maximum Gasteiger partial charge on any atom is 0.0907 e. The molecule has 0 aliphatic heterocycles. The molecule has 0 saturated heterocycles. The van der Waals surface area contributed by atoms with Crippen molar-refractivity contribution < 1.29 is 0 Å². The van der Waals surface area contributed by atoms with Crippen LogP contribution >= 0.6 is 0 Å². The molecule has 1 rings (SSSR count). The number of nitrogens with zero attached hydrogens (tertiary/aromatic N) is 2. The summed E-state index contributed by atoms with van der Waals surface area (Å²) in [6, 6.07) is 0.475. The van der Waals surface area contributed by atoms with Crippen molar-refractivity contribution in [3.05, 3.63) is 11.9 Å². The van der Waals surface area contributed by atoms with Crippen molar-refractivity contribution in [2.75, 3.05) is 5.73 Å². The first kappa shape index (κ1) is 12.1. The van der Waals surface area contributed by atoms with Crippen LogP contribution in [0, 0.1) is 0 Å². The quantitative estimate of drug-likeness (QED) is 0.831. The molecule has 2 N–H and O–H groups in total. The second-order valence-electron chi connectivity index (χ2n) is 5.13. The summed E-state index contributed by atoms with van der Waals surface area (Å²) >= 11 is 0. The van der Waals surface area contributed by atoms with Gasteiger partial charge in [0.05, 0.1) is 17.4 Å². The predicted molar refractivity (Wildman–Crippen MR) is 65.0 cm³/mol. The van der Waals surface area contributed by atoms with Crippen LogP contribution in [0.3, 0.4) is 0 Å². The van der Waals surface area contributed by atoms with Gasteiger partial charge >= 0.3 is 0 Å². The largest absolute Gasteiger partial charge is 0.396 e. The van der Waals surface area contributed by atoms with Crippen molar-refractivity contribution in [1.29, 1.82) is 0 Å². The smallest absolute Gasteiger partial charge is 0.0907 e. The molecule has 86 valence electrons. The van der Waals surface area contributed by atoms with Gasteiger partial charge in [0.15, 0.2) is 0 Å². The molecular weight excluding hydrogens is 186 g/mol. The summed E-state index contributed by atoms with van der Waals surface area (Å²) < 4.78 is 2.02. The number of nitrogens with two attached hydrogens (primary N) is 1. The van der Waals surface area contributed by atoms with E-state index in [0.29, 0.717) is 6.04 Å². The molecule has 0 radical (unpaired) electrons. The van der Waals surface area contributed by atoms with Gasteiger partial charge < -0.3 is 5.73 Å². The number of rotatable bonds is 3. The maximum atomic E-state index is 5.99. The molecule has 15 heavy (non-hydrogen) atoms. The average Bonchev–Trinajstić information content (AvgIpc) is 2.49. The summed E-state index contributed by atoms with van der Waals surface area (Å²) in [5.41, 5.74) is 7.84. The van der Waals surface area contributed by atoms with Crippen molar-refractivity contribution in [1.82, 2.24) is 9.78 Å². The first-order valence-electron chi connectivity index (χ1n) is 5.75. The summed E-state index contributed by atoms with van der Waals surface area (Å²) in [7, 11) is 0. The minimum Gasteiger partial charge on any atom is -0.396 e. The summed E-state index contributed by atoms with van der Waals surface area (Å²) in [6.07, 6.45) is 4.17. The van der Waals surface area contributed by atoms with Gasteiger partial charge in [-0.15, -0.1) is 0 Å². The molecule has 0 saturated carbocycles. The van der Waals surface area contributed by atoms with Crippen LogP contribution in [0.1, 0.15) is 59.2 Å². The van der Waals surface area contributed by atoms with Crippen molar-refractivity contribution in [2.45, 2.75) is 58.9 Å². The van der Waals surface area contributed by atoms with Gasteiger partial charge in [-0.1, -0.05) is 34.6 Å². The Labute approximate surface area is 92.7 Å². The van der Waals surface area contributed by atoms with E-state index in [1.165, 1.54) is 0 Å². The highest BCUT2D eigenvalue weighted by molar-refractivity contribution is 5.44. The van der Waals surface area contributed by atoms with Crippen LogP contribution < -0.4 is 5.73 Å². The van der Waals surface area contributed by atoms with Crippen LogP contribution in [0.2, 0.25) is 0 Å². The van der Waals surface area contributed by atoms with Crippen molar-refractivity contribution >= 4 is 5.69 Å². The maximum absolute atomic E-state index is 5.99. The van der Waals surface area contributed by atoms with E-state index in [0.717, 1.165) is 24.2 Å². The van der Waals surface area contributed by atoms with Gasteiger partial charge in [-0.25, -0.2) is 0 Å². The van der Waals surface area contributed by atoms with Crippen LogP contribution in [0.25, 0.3) is 0 Å². The predicted octanol–water partition coefficient (Wildman–Crippen LogP) is 3.12. The molecule has 0 spiro atoms. The Bertz CT molecular complexity index is 316. The van der Waals surface area contributed by atoms with E-state index in [4.69, 9.17) is 5.73 Å². The van der Waals surface area contributed by atoms with Crippen molar-refractivity contribution in [3.63, 3.8) is 0 Å². The fourth-order valence-electron chi connectivity index (χ4n) is 1.84. The second kappa shape index (κ2) is 4.25. The van der Waals surface area contributed by atoms with E-state index in [2.05, 4.69) is 39.7 Å². The van der Waals surface area contributed by atoms with E-state index >= 15 is 0 Å². The highest BCUT2D eigenvalue weighted by Crippen LogP contribution is 2.28. The van der Waals surface area contributed by atoms with Gasteiger partial charge in [-0.3, -0.25) is 4.68 Å². The SMILES string of the molecule is CCC(CC)n1cc(N)c(C(C)(C)C)n1. The summed E-state index contributed by atoms with van der Waals surface area (Å²) in [5.74, 6) is 0. The van der Waals surface area contributed by atoms with Crippen LogP contribution in [-0.4, -0.2) is 9.78 Å². The van der Waals surface area contributed by atoms with Crippen LogP contribution in [-0.2, 0) is 5.41 Å². The molecule has 1 aromatic rings. The van der Waals surface area contributed by atoms with Crippen LogP contribution in [0.15, 0.2) is 6.20 Å². The zero-order chi connectivity index (χ0) is 11.6. The van der Waals surface area contributed by atoms with Crippen molar-refractivity contribution in [2.24, 2.45) is 0 Å². The molecule has 0 aromatic carbocycles. The van der Waals surface area contributed by atoms with Crippen LogP contribution in [0.5, 0.6) is 0 Å². The van der Waals surface area contributed by atoms with Gasteiger partial charge in [0.25, 0.3) is 0 Å². The number of nitrogen functional groups attached to an aromatic ring is 1. The third-order valence-corrected chi connectivity index (χ3v) is 2.79. The third kappa shape index (κ3) is 2.52. The fourth-order valence-corrected chi connectivity index (χ4v) is 1.84. The van der Waals surface area contributed by atoms with Gasteiger partial charge in [-0.2, -0.15) is 5.10 Å². The third-order valence-electron chi connectivity index (χ3n) is 2.79. The highest BCUT2D eigenvalue weighted by Gasteiger charge is 2.22. The Morgan fingerprint density at radius 1 is 1.33 bits per heavy atom. The number of aromatic nitrogens is 2. The minimum atomic E-state index is 0.0291. The van der Waals surface area contributed by atoms with E-state index < -0.39 is 0 Å². The van der Waals surface area contributed by atoms with Gasteiger partial charge in [0.1, 0.15) is 0 Å². The standard InChI is InChI=1S/C12H23N3/c1-6-9(7-2)15-8-10(13)11(14-15)12(3,4)5/h8-9H,6-7,13H2,1-5H3. The molecule has 0 atom stereocenters. The number of hydrogen-bond donors (Lipinski definition) is 1. The lowest BCUT2D eigenvalue weighted by Gasteiger charge is -2.17.